The summed E-state index contributed by atoms with van der Waals surface area (Å²) in [7, 11) is 1.68. The number of halogens is 1. The van der Waals surface area contributed by atoms with E-state index in [1.807, 2.05) is 12.1 Å². The Kier molecular flexibility index (Phi) is 3.23. The molecule has 3 nitrogen and oxygen atoms in total. The van der Waals surface area contributed by atoms with Gasteiger partial charge in [0, 0.05) is 21.2 Å². The third-order valence-electron chi connectivity index (χ3n) is 4.02. The summed E-state index contributed by atoms with van der Waals surface area (Å²) in [6.45, 7) is 0.0146. The number of anilines is 2. The van der Waals surface area contributed by atoms with E-state index in [1.54, 1.807) is 7.11 Å². The minimum atomic E-state index is 0.0146. The van der Waals surface area contributed by atoms with Crippen LogP contribution in [0.3, 0.4) is 0 Å². The van der Waals surface area contributed by atoms with E-state index < -0.39 is 0 Å². The summed E-state index contributed by atoms with van der Waals surface area (Å²) >= 11 is 3.64. The van der Waals surface area contributed by atoms with Crippen LogP contribution < -0.4 is 20.7 Å². The number of benzene rings is 3. The van der Waals surface area contributed by atoms with E-state index in [-0.39, 0.29) is 6.98 Å². The van der Waals surface area contributed by atoms with Gasteiger partial charge >= 0.3 is 6.98 Å². The highest BCUT2D eigenvalue weighted by Crippen LogP contribution is 2.34. The lowest BCUT2D eigenvalue weighted by Gasteiger charge is -2.27. The normalized spacial score (nSPS) is 12.7. The van der Waals surface area contributed by atoms with Gasteiger partial charge in [0.1, 0.15) is 5.75 Å². The fraction of sp³-hybridized carbons (Fsp3) is 0.0588. The molecule has 0 bridgehead atoms. The summed E-state index contributed by atoms with van der Waals surface area (Å²) in [4.78, 5) is 0. The smallest absolute Gasteiger partial charge is 0.407 e. The van der Waals surface area contributed by atoms with E-state index in [2.05, 4.69) is 68.9 Å². The van der Waals surface area contributed by atoms with Gasteiger partial charge in [0.15, 0.2) is 0 Å². The highest BCUT2D eigenvalue weighted by atomic mass is 79.9. The molecule has 0 amide bonds. The number of rotatable bonds is 2. The topological polar surface area (TPSA) is 33.3 Å². The fourth-order valence-electron chi connectivity index (χ4n) is 2.95. The minimum absolute atomic E-state index is 0.0146. The maximum Gasteiger partial charge on any atom is 0.407 e. The van der Waals surface area contributed by atoms with Gasteiger partial charge in [-0.2, -0.15) is 0 Å². The zero-order valence-electron chi connectivity index (χ0n) is 12.1. The van der Waals surface area contributed by atoms with E-state index in [4.69, 9.17) is 4.74 Å². The standard InChI is InChI=1S/C17H14BBrN2O/c1-22-12-8-9-13(14(19)10-12)18-20-15-6-2-4-11-5-3-7-16(21-18)17(11)15/h2-10,20-21H,1H3. The molecular formula is C17H14BBrN2O. The lowest BCUT2D eigenvalue weighted by molar-refractivity contribution is 0.414. The average Bonchev–Trinajstić information content (AvgIpc) is 2.55. The van der Waals surface area contributed by atoms with Gasteiger partial charge in [0.2, 0.25) is 0 Å². The third kappa shape index (κ3) is 2.13. The van der Waals surface area contributed by atoms with Crippen LogP contribution in [0.1, 0.15) is 0 Å². The predicted octanol–water partition coefficient (Wildman–Crippen LogP) is 3.84. The molecule has 108 valence electrons. The molecule has 1 aliphatic rings. The summed E-state index contributed by atoms with van der Waals surface area (Å²) in [6, 6.07) is 18.7. The maximum absolute atomic E-state index is 5.27. The van der Waals surface area contributed by atoms with Crippen LogP contribution in [0.2, 0.25) is 0 Å². The SMILES string of the molecule is COc1ccc(B2Nc3cccc4cccc(c34)N2)c(Br)c1. The number of methoxy groups -OCH3 is 1. The highest BCUT2D eigenvalue weighted by Gasteiger charge is 2.27. The first-order valence-corrected chi connectivity index (χ1v) is 7.94. The van der Waals surface area contributed by atoms with Crippen LogP contribution in [0.5, 0.6) is 5.75 Å². The maximum atomic E-state index is 5.27. The third-order valence-corrected chi connectivity index (χ3v) is 4.71. The Labute approximate surface area is 137 Å². The summed E-state index contributed by atoms with van der Waals surface area (Å²) < 4.78 is 6.29. The number of nitrogens with one attached hydrogen (secondary N) is 2. The number of hydrogen-bond donors (Lipinski definition) is 2. The Morgan fingerprint density at radius 2 is 1.64 bits per heavy atom. The van der Waals surface area contributed by atoms with Crippen LogP contribution >= 0.6 is 15.9 Å². The largest absolute Gasteiger partial charge is 0.497 e. The Morgan fingerprint density at radius 1 is 0.955 bits per heavy atom. The van der Waals surface area contributed by atoms with Crippen molar-refractivity contribution in [2.75, 3.05) is 17.6 Å². The van der Waals surface area contributed by atoms with E-state index in [0.29, 0.717) is 0 Å². The van der Waals surface area contributed by atoms with Crippen molar-refractivity contribution in [2.45, 2.75) is 0 Å². The molecule has 0 aliphatic carbocycles. The van der Waals surface area contributed by atoms with Crippen LogP contribution in [0, 0.1) is 0 Å². The summed E-state index contributed by atoms with van der Waals surface area (Å²) in [6.07, 6.45) is 0. The molecule has 0 radical (unpaired) electrons. The quantitative estimate of drug-likeness (QED) is 0.687. The molecule has 5 heteroatoms. The molecule has 0 aromatic heterocycles. The van der Waals surface area contributed by atoms with Crippen LogP contribution in [0.15, 0.2) is 59.1 Å². The summed E-state index contributed by atoms with van der Waals surface area (Å²) in [5.74, 6) is 0.842. The molecule has 0 atom stereocenters. The van der Waals surface area contributed by atoms with Crippen molar-refractivity contribution >= 4 is 50.5 Å². The molecular weight excluding hydrogens is 339 g/mol. The van der Waals surface area contributed by atoms with E-state index >= 15 is 0 Å². The number of ether oxygens (including phenoxy) is 1. The lowest BCUT2D eigenvalue weighted by Crippen LogP contribution is -2.48. The monoisotopic (exact) mass is 352 g/mol. The van der Waals surface area contributed by atoms with Crippen LogP contribution in [-0.2, 0) is 0 Å². The molecule has 2 N–H and O–H groups in total. The summed E-state index contributed by atoms with van der Waals surface area (Å²) in [5.41, 5.74) is 3.45. The first-order valence-electron chi connectivity index (χ1n) is 7.14. The van der Waals surface area contributed by atoms with Gasteiger partial charge in [-0.15, -0.1) is 0 Å². The lowest BCUT2D eigenvalue weighted by atomic mass is 9.66. The van der Waals surface area contributed by atoms with Crippen molar-refractivity contribution < 1.29 is 4.74 Å². The van der Waals surface area contributed by atoms with Crippen LogP contribution in [-0.4, -0.2) is 14.1 Å². The van der Waals surface area contributed by atoms with Crippen molar-refractivity contribution in [1.29, 1.82) is 0 Å². The average molecular weight is 353 g/mol. The Hall–Kier alpha value is -2.14. The van der Waals surface area contributed by atoms with Gasteiger partial charge in [0.05, 0.1) is 7.11 Å². The van der Waals surface area contributed by atoms with Crippen molar-refractivity contribution in [2.24, 2.45) is 0 Å². The predicted molar refractivity (Wildman–Crippen MR) is 97.3 cm³/mol. The first kappa shape index (κ1) is 13.5. The molecule has 22 heavy (non-hydrogen) atoms. The van der Waals surface area contributed by atoms with E-state index in [1.165, 1.54) is 10.8 Å². The van der Waals surface area contributed by atoms with Gasteiger partial charge in [-0.3, -0.25) is 0 Å². The van der Waals surface area contributed by atoms with Gasteiger partial charge in [-0.25, -0.2) is 0 Å². The van der Waals surface area contributed by atoms with Crippen LogP contribution in [0.25, 0.3) is 10.8 Å². The van der Waals surface area contributed by atoms with Crippen molar-refractivity contribution in [1.82, 2.24) is 0 Å². The molecule has 3 aromatic carbocycles. The second-order valence-corrected chi connectivity index (χ2v) is 6.17. The number of hydrogen-bond acceptors (Lipinski definition) is 3. The van der Waals surface area contributed by atoms with Gasteiger partial charge in [0.25, 0.3) is 0 Å². The van der Waals surface area contributed by atoms with Crippen molar-refractivity contribution in [3.05, 3.63) is 59.1 Å². The zero-order chi connectivity index (χ0) is 15.1. The fourth-order valence-corrected chi connectivity index (χ4v) is 3.54. The van der Waals surface area contributed by atoms with E-state index in [9.17, 15) is 0 Å². The second kappa shape index (κ2) is 5.25. The summed E-state index contributed by atoms with van der Waals surface area (Å²) in [5, 5.41) is 9.63. The Bertz CT molecular complexity index is 828. The van der Waals surface area contributed by atoms with Gasteiger partial charge in [-0.05, 0) is 35.1 Å². The molecule has 1 heterocycles. The van der Waals surface area contributed by atoms with Gasteiger partial charge < -0.3 is 15.2 Å². The van der Waals surface area contributed by atoms with Gasteiger partial charge in [-0.1, -0.05) is 46.3 Å². The molecule has 0 fully saturated rings. The van der Waals surface area contributed by atoms with Crippen molar-refractivity contribution in [3.63, 3.8) is 0 Å². The minimum Gasteiger partial charge on any atom is -0.497 e. The zero-order valence-corrected chi connectivity index (χ0v) is 13.6. The molecule has 3 aromatic rings. The molecule has 0 unspecified atom stereocenters. The molecule has 1 aliphatic heterocycles. The molecule has 4 rings (SSSR count). The van der Waals surface area contributed by atoms with Crippen molar-refractivity contribution in [3.8, 4) is 5.75 Å². The Morgan fingerprint density at radius 3 is 2.23 bits per heavy atom. The Balaban J connectivity index is 1.78. The molecule has 0 saturated carbocycles. The molecule has 0 saturated heterocycles. The first-order chi connectivity index (χ1) is 10.8. The van der Waals surface area contributed by atoms with Crippen LogP contribution in [0.4, 0.5) is 11.4 Å². The molecule has 0 spiro atoms. The second-order valence-electron chi connectivity index (χ2n) is 5.32. The van der Waals surface area contributed by atoms with E-state index in [0.717, 1.165) is 27.1 Å². The highest BCUT2D eigenvalue weighted by molar-refractivity contribution is 9.10.